The van der Waals surface area contributed by atoms with E-state index < -0.39 is 80.1 Å². The molecule has 2 saturated heterocycles. The fourth-order valence-electron chi connectivity index (χ4n) is 5.22. The summed E-state index contributed by atoms with van der Waals surface area (Å²) in [6, 6.07) is 8.46. The molecular formula is C32H36O17. The van der Waals surface area contributed by atoms with E-state index in [1.54, 1.807) is 0 Å². The number of phenolic OH excluding ortho intramolecular Hbond substituents is 1. The lowest BCUT2D eigenvalue weighted by atomic mass is 9.98. The van der Waals surface area contributed by atoms with E-state index in [1.165, 1.54) is 63.8 Å². The molecule has 6 N–H and O–H groups in total. The fraction of sp³-hybridized carbons (Fsp3) is 0.438. The minimum atomic E-state index is -2.17. The molecule has 2 aliphatic rings. The van der Waals surface area contributed by atoms with Crippen LogP contribution in [-0.2, 0) is 23.7 Å². The van der Waals surface area contributed by atoms with Gasteiger partial charge in [0.2, 0.25) is 12.0 Å². The van der Waals surface area contributed by atoms with E-state index in [0.717, 1.165) is 6.08 Å². The third kappa shape index (κ3) is 7.58. The predicted molar refractivity (Wildman–Crippen MR) is 164 cm³/mol. The molecular weight excluding hydrogens is 656 g/mol. The average molecular weight is 693 g/mol. The quantitative estimate of drug-likeness (QED) is 0.0791. The number of ether oxygens (including phenoxy) is 8. The lowest BCUT2D eigenvalue weighted by Crippen LogP contribution is -2.62. The fourth-order valence-corrected chi connectivity index (χ4v) is 5.22. The van der Waals surface area contributed by atoms with Gasteiger partial charge in [0, 0.05) is 23.6 Å². The highest BCUT2D eigenvalue weighted by atomic mass is 16.8. The van der Waals surface area contributed by atoms with Crippen molar-refractivity contribution in [2.75, 3.05) is 41.2 Å². The van der Waals surface area contributed by atoms with E-state index in [2.05, 4.69) is 0 Å². The maximum Gasteiger partial charge on any atom is 0.336 e. The van der Waals surface area contributed by atoms with Crippen LogP contribution in [0, 0.1) is 0 Å². The van der Waals surface area contributed by atoms with E-state index in [-0.39, 0.29) is 34.3 Å². The molecule has 0 aliphatic carbocycles. The van der Waals surface area contributed by atoms with Crippen LogP contribution in [0.2, 0.25) is 0 Å². The summed E-state index contributed by atoms with van der Waals surface area (Å²) < 4.78 is 48.8. The molecule has 266 valence electrons. The SMILES string of the molecule is COc1cc2ccc(=O)oc2cc1O[C@@H]1O[C@H](CO)[C@@H](O)[C@H](O)[C@H]1O[C@@H]1OC[C@](O)(COC(=O)/C=C/c2cc(OC)c(O)c(OC)c2)[C@H]1O. The number of aromatic hydroxyl groups is 1. The molecule has 2 aliphatic heterocycles. The van der Waals surface area contributed by atoms with Gasteiger partial charge in [-0.25, -0.2) is 9.59 Å². The maximum absolute atomic E-state index is 12.5. The van der Waals surface area contributed by atoms with Gasteiger partial charge in [-0.3, -0.25) is 0 Å². The Labute approximate surface area is 277 Å². The first-order valence-corrected chi connectivity index (χ1v) is 14.8. The van der Waals surface area contributed by atoms with Gasteiger partial charge in [0.05, 0.1) is 34.5 Å². The van der Waals surface area contributed by atoms with Crippen LogP contribution in [0.25, 0.3) is 17.0 Å². The standard InChI is InChI=1S/C32H36O17/c1-41-18-10-16-5-7-24(35)46-17(16)11-19(18)47-30-28(27(38)26(37)22(12-33)48-30)49-31-29(39)32(40,14-45-31)13-44-23(34)6-4-15-8-20(42-2)25(36)21(9-15)43-3/h4-11,22,26-31,33,36-40H,12-14H2,1-3H3/b6-4+/t22-,26-,27+,28-,29+,30-,31+,32-/m1/s1. The molecule has 0 saturated carbocycles. The Balaban J connectivity index is 1.28. The predicted octanol–water partition coefficient (Wildman–Crippen LogP) is -0.568. The van der Waals surface area contributed by atoms with Crippen LogP contribution in [0.15, 0.2) is 51.7 Å². The Morgan fingerprint density at radius 3 is 2.31 bits per heavy atom. The number of carbonyl (C=O) groups excluding carboxylic acids is 1. The Morgan fingerprint density at radius 2 is 1.65 bits per heavy atom. The number of rotatable bonds is 12. The molecule has 3 aromatic rings. The highest BCUT2D eigenvalue weighted by Crippen LogP contribution is 2.38. The second-order valence-electron chi connectivity index (χ2n) is 11.2. The first kappa shape index (κ1) is 35.8. The van der Waals surface area contributed by atoms with Crippen molar-refractivity contribution < 1.29 is 77.7 Å². The van der Waals surface area contributed by atoms with E-state index in [1.807, 2.05) is 0 Å². The topological polar surface area (TPSA) is 242 Å². The van der Waals surface area contributed by atoms with Crippen LogP contribution in [0.4, 0.5) is 0 Å². The Kier molecular flexibility index (Phi) is 11.0. The van der Waals surface area contributed by atoms with Crippen molar-refractivity contribution in [3.63, 3.8) is 0 Å². The summed E-state index contributed by atoms with van der Waals surface area (Å²) in [4.78, 5) is 24.3. The van der Waals surface area contributed by atoms with Crippen molar-refractivity contribution in [1.82, 2.24) is 0 Å². The number of hydrogen-bond acceptors (Lipinski definition) is 17. The number of esters is 1. The maximum atomic E-state index is 12.5. The second kappa shape index (κ2) is 15.0. The van der Waals surface area contributed by atoms with E-state index >= 15 is 0 Å². The molecule has 5 rings (SSSR count). The zero-order valence-corrected chi connectivity index (χ0v) is 26.5. The molecule has 0 amide bonds. The van der Waals surface area contributed by atoms with Crippen LogP contribution in [0.5, 0.6) is 28.7 Å². The minimum Gasteiger partial charge on any atom is -0.502 e. The van der Waals surface area contributed by atoms with Crippen molar-refractivity contribution >= 4 is 23.0 Å². The van der Waals surface area contributed by atoms with E-state index in [9.17, 15) is 40.2 Å². The summed E-state index contributed by atoms with van der Waals surface area (Å²) in [6.07, 6.45) is -9.08. The summed E-state index contributed by atoms with van der Waals surface area (Å²) >= 11 is 0. The van der Waals surface area contributed by atoms with Gasteiger partial charge in [-0.2, -0.15) is 0 Å². The molecule has 3 heterocycles. The summed E-state index contributed by atoms with van der Waals surface area (Å²) in [7, 11) is 4.04. The van der Waals surface area contributed by atoms with Crippen LogP contribution < -0.4 is 24.6 Å². The van der Waals surface area contributed by atoms with Crippen molar-refractivity contribution in [2.24, 2.45) is 0 Å². The molecule has 49 heavy (non-hydrogen) atoms. The van der Waals surface area contributed by atoms with Gasteiger partial charge in [0.25, 0.3) is 0 Å². The summed E-state index contributed by atoms with van der Waals surface area (Å²) in [5.74, 6) is -0.796. The van der Waals surface area contributed by atoms with Gasteiger partial charge in [-0.15, -0.1) is 0 Å². The number of benzene rings is 2. The van der Waals surface area contributed by atoms with Crippen LogP contribution >= 0.6 is 0 Å². The molecule has 0 spiro atoms. The van der Waals surface area contributed by atoms with E-state index in [0.29, 0.717) is 10.9 Å². The van der Waals surface area contributed by atoms with Crippen LogP contribution in [0.1, 0.15) is 5.56 Å². The normalized spacial score (nSPS) is 28.4. The second-order valence-corrected chi connectivity index (χ2v) is 11.2. The third-order valence-electron chi connectivity index (χ3n) is 7.95. The first-order chi connectivity index (χ1) is 23.4. The summed E-state index contributed by atoms with van der Waals surface area (Å²) in [5.41, 5.74) is -2.25. The highest BCUT2D eigenvalue weighted by molar-refractivity contribution is 5.87. The van der Waals surface area contributed by atoms with Gasteiger partial charge >= 0.3 is 11.6 Å². The molecule has 17 nitrogen and oxygen atoms in total. The number of carbonyl (C=O) groups is 1. The van der Waals surface area contributed by atoms with Crippen molar-refractivity contribution in [2.45, 2.75) is 48.7 Å². The zero-order chi connectivity index (χ0) is 35.5. The molecule has 1 aromatic heterocycles. The number of aliphatic hydroxyl groups excluding tert-OH is 4. The summed E-state index contributed by atoms with van der Waals surface area (Å²) in [6.45, 7) is -2.03. The highest BCUT2D eigenvalue weighted by Gasteiger charge is 2.54. The Morgan fingerprint density at radius 1 is 0.959 bits per heavy atom. The van der Waals surface area contributed by atoms with Crippen molar-refractivity contribution in [3.05, 3.63) is 58.5 Å². The van der Waals surface area contributed by atoms with Crippen LogP contribution in [0.3, 0.4) is 0 Å². The number of fused-ring (bicyclic) bond motifs is 1. The minimum absolute atomic E-state index is 0.0308. The van der Waals surface area contributed by atoms with Crippen molar-refractivity contribution in [3.8, 4) is 28.7 Å². The molecule has 17 heteroatoms. The number of hydrogen-bond donors (Lipinski definition) is 6. The van der Waals surface area contributed by atoms with Gasteiger partial charge in [0.15, 0.2) is 41.0 Å². The largest absolute Gasteiger partial charge is 0.502 e. The number of methoxy groups -OCH3 is 3. The average Bonchev–Trinajstić information content (AvgIpc) is 3.38. The number of aliphatic hydroxyl groups is 5. The van der Waals surface area contributed by atoms with Gasteiger partial charge < -0.3 is 73.0 Å². The monoisotopic (exact) mass is 692 g/mol. The molecule has 0 bridgehead atoms. The van der Waals surface area contributed by atoms with Gasteiger partial charge in [0.1, 0.15) is 36.6 Å². The third-order valence-corrected chi connectivity index (χ3v) is 7.95. The van der Waals surface area contributed by atoms with Gasteiger partial charge in [-0.05, 0) is 35.9 Å². The molecule has 2 aromatic carbocycles. The Bertz CT molecular complexity index is 1700. The van der Waals surface area contributed by atoms with Crippen LogP contribution in [-0.4, -0.2) is 126 Å². The lowest BCUT2D eigenvalue weighted by molar-refractivity contribution is -0.319. The lowest BCUT2D eigenvalue weighted by Gasteiger charge is -2.42. The van der Waals surface area contributed by atoms with Gasteiger partial charge in [-0.1, -0.05) is 0 Å². The summed E-state index contributed by atoms with van der Waals surface area (Å²) in [5, 5.41) is 63.9. The first-order valence-electron chi connectivity index (χ1n) is 14.8. The molecule has 0 radical (unpaired) electrons. The molecule has 0 unspecified atom stereocenters. The smallest absolute Gasteiger partial charge is 0.336 e. The Hall–Kier alpha value is -4.46. The van der Waals surface area contributed by atoms with E-state index in [4.69, 9.17) is 42.3 Å². The van der Waals surface area contributed by atoms with Crippen molar-refractivity contribution in [1.29, 1.82) is 0 Å². The molecule has 8 atom stereocenters. The number of phenols is 1. The molecule has 2 fully saturated rings. The zero-order valence-electron chi connectivity index (χ0n) is 26.5.